The summed E-state index contributed by atoms with van der Waals surface area (Å²) < 4.78 is 70.5. The highest BCUT2D eigenvalue weighted by atomic mass is 19.1. The van der Waals surface area contributed by atoms with Crippen LogP contribution in [0.2, 0.25) is 0 Å². The Morgan fingerprint density at radius 2 is 1.05 bits per heavy atom. The molecular weight excluding hydrogens is 989 g/mol. The number of benzene rings is 8. The molecule has 0 radical (unpaired) electrons. The number of halogens is 4. The molecule has 0 bridgehead atoms. The van der Waals surface area contributed by atoms with Gasteiger partial charge in [-0.1, -0.05) is 126 Å². The number of hydrogen-bond donors (Lipinski definition) is 0. The molecule has 9 heteroatoms. The van der Waals surface area contributed by atoms with Gasteiger partial charge in [-0.25, -0.2) is 22.5 Å². The third-order valence-corrected chi connectivity index (χ3v) is 16.8. The number of anilines is 4. The van der Waals surface area contributed by atoms with Gasteiger partial charge in [0.2, 0.25) is 0 Å². The van der Waals surface area contributed by atoms with Gasteiger partial charge in [0, 0.05) is 58.0 Å². The SMILES string of the molecule is CC(C)(C)c1ccnc(-n2c3ccccc3c3ccc(Oc4cc(-c5c(C6CCCCC6)cccc5C5CCCCC5)cc(N5CN(c6c(-c7cc(F)cc(F)c7)cccc6-c6cc(F)cc(F)c6)c6ccccc65)c4)cc32)c1. The maximum absolute atomic E-state index is 15.2. The molecule has 0 saturated heterocycles. The molecule has 8 aromatic carbocycles. The number of nitrogens with zero attached hydrogens (tertiary/aromatic N) is 4. The van der Waals surface area contributed by atoms with Crippen molar-refractivity contribution in [3.8, 4) is 50.7 Å². The van der Waals surface area contributed by atoms with E-state index in [0.717, 1.165) is 88.1 Å². The van der Waals surface area contributed by atoms with Crippen LogP contribution < -0.4 is 14.5 Å². The Kier molecular flexibility index (Phi) is 13.1. The molecule has 5 nitrogen and oxygen atoms in total. The number of aromatic nitrogens is 2. The minimum atomic E-state index is -0.732. The van der Waals surface area contributed by atoms with Crippen molar-refractivity contribution >= 4 is 44.6 Å². The fraction of sp³-hybridized carbons (Fsp3) is 0.243. The van der Waals surface area contributed by atoms with Crippen LogP contribution >= 0.6 is 0 Å². The number of pyridine rings is 1. The minimum absolute atomic E-state index is 0.0834. The van der Waals surface area contributed by atoms with Crippen LogP contribution in [0.5, 0.6) is 11.5 Å². The molecule has 13 rings (SSSR count). The van der Waals surface area contributed by atoms with Crippen molar-refractivity contribution in [2.75, 3.05) is 16.5 Å². The molecule has 0 spiro atoms. The van der Waals surface area contributed by atoms with Crippen LogP contribution in [0.1, 0.15) is 114 Å². The smallest absolute Gasteiger partial charge is 0.137 e. The van der Waals surface area contributed by atoms with Crippen LogP contribution in [0.25, 0.3) is 61.0 Å². The highest BCUT2D eigenvalue weighted by Gasteiger charge is 2.34. The Bertz CT molecular complexity index is 3810. The summed E-state index contributed by atoms with van der Waals surface area (Å²) in [4.78, 5) is 9.30. The maximum Gasteiger partial charge on any atom is 0.137 e. The van der Waals surface area contributed by atoms with Gasteiger partial charge in [0.15, 0.2) is 0 Å². The van der Waals surface area contributed by atoms with Crippen molar-refractivity contribution < 1.29 is 22.3 Å². The van der Waals surface area contributed by atoms with E-state index in [1.54, 1.807) is 6.07 Å². The molecule has 0 N–H and O–H groups in total. The van der Waals surface area contributed by atoms with E-state index in [1.807, 2.05) is 36.5 Å². The summed E-state index contributed by atoms with van der Waals surface area (Å²) in [5.74, 6) is 0.0915. The Balaban J connectivity index is 1.01. The summed E-state index contributed by atoms with van der Waals surface area (Å²) in [5.41, 5.74) is 13.0. The molecule has 0 atom stereocenters. The molecule has 2 saturated carbocycles. The van der Waals surface area contributed by atoms with Crippen molar-refractivity contribution in [2.45, 2.75) is 102 Å². The van der Waals surface area contributed by atoms with Crippen LogP contribution in [0.4, 0.5) is 40.3 Å². The summed E-state index contributed by atoms with van der Waals surface area (Å²) in [6.45, 7) is 6.90. The first-order valence-electron chi connectivity index (χ1n) is 28.1. The average Bonchev–Trinajstić information content (AvgIpc) is 4.26. The second-order valence-electron chi connectivity index (χ2n) is 23.0. The van der Waals surface area contributed by atoms with Gasteiger partial charge in [-0.2, -0.15) is 0 Å². The van der Waals surface area contributed by atoms with Gasteiger partial charge in [-0.3, -0.25) is 4.57 Å². The van der Waals surface area contributed by atoms with E-state index < -0.39 is 23.3 Å². The summed E-state index contributed by atoms with van der Waals surface area (Å²) in [7, 11) is 0. The van der Waals surface area contributed by atoms with Crippen LogP contribution in [0.15, 0.2) is 176 Å². The zero-order valence-corrected chi connectivity index (χ0v) is 44.9. The number of rotatable bonds is 10. The Morgan fingerprint density at radius 3 is 1.67 bits per heavy atom. The molecule has 1 aliphatic heterocycles. The van der Waals surface area contributed by atoms with Crippen LogP contribution in [-0.4, -0.2) is 16.2 Å². The van der Waals surface area contributed by atoms with Gasteiger partial charge in [0.1, 0.15) is 47.3 Å². The second-order valence-corrected chi connectivity index (χ2v) is 23.0. The van der Waals surface area contributed by atoms with E-state index in [9.17, 15) is 0 Å². The first-order valence-corrected chi connectivity index (χ1v) is 28.1. The molecule has 10 aromatic rings. The third kappa shape index (κ3) is 9.61. The van der Waals surface area contributed by atoms with Crippen LogP contribution in [0, 0.1) is 23.3 Å². The Morgan fingerprint density at radius 1 is 0.481 bits per heavy atom. The van der Waals surface area contributed by atoms with Gasteiger partial charge in [-0.05, 0) is 161 Å². The largest absolute Gasteiger partial charge is 0.457 e. The lowest BCUT2D eigenvalue weighted by molar-refractivity contribution is 0.436. The molecule has 3 heterocycles. The second kappa shape index (κ2) is 20.6. The van der Waals surface area contributed by atoms with Gasteiger partial charge in [0.25, 0.3) is 0 Å². The van der Waals surface area contributed by atoms with Crippen LogP contribution in [0.3, 0.4) is 0 Å². The van der Waals surface area contributed by atoms with Crippen LogP contribution in [-0.2, 0) is 5.41 Å². The van der Waals surface area contributed by atoms with E-state index in [0.29, 0.717) is 51.3 Å². The van der Waals surface area contributed by atoms with E-state index in [2.05, 4.69) is 132 Å². The van der Waals surface area contributed by atoms with E-state index >= 15 is 17.6 Å². The molecule has 2 aromatic heterocycles. The fourth-order valence-corrected chi connectivity index (χ4v) is 13.1. The Hall–Kier alpha value is -8.17. The van der Waals surface area contributed by atoms with Crippen molar-refractivity contribution in [3.63, 3.8) is 0 Å². The van der Waals surface area contributed by atoms with E-state index in [4.69, 9.17) is 9.72 Å². The van der Waals surface area contributed by atoms with Crippen molar-refractivity contribution in [3.05, 3.63) is 216 Å². The molecule has 79 heavy (non-hydrogen) atoms. The number of hydrogen-bond acceptors (Lipinski definition) is 4. The monoisotopic (exact) mass is 1050 g/mol. The zero-order chi connectivity index (χ0) is 53.9. The first-order chi connectivity index (χ1) is 38.4. The molecule has 2 aliphatic carbocycles. The zero-order valence-electron chi connectivity index (χ0n) is 44.9. The van der Waals surface area contributed by atoms with Gasteiger partial charge >= 0.3 is 0 Å². The average molecular weight is 1050 g/mol. The topological polar surface area (TPSA) is 33.5 Å². The predicted molar refractivity (Wildman–Crippen MR) is 314 cm³/mol. The predicted octanol–water partition coefficient (Wildman–Crippen LogP) is 20.2. The van der Waals surface area contributed by atoms with E-state index in [-0.39, 0.29) is 12.1 Å². The molecule has 3 aliphatic rings. The molecule has 0 unspecified atom stereocenters. The fourth-order valence-electron chi connectivity index (χ4n) is 13.1. The number of fused-ring (bicyclic) bond motifs is 4. The summed E-state index contributed by atoms with van der Waals surface area (Å²) in [6.07, 6.45) is 13.8. The number of para-hydroxylation sites is 4. The maximum atomic E-state index is 15.2. The lowest BCUT2D eigenvalue weighted by Crippen LogP contribution is -2.25. The molecule has 0 amide bonds. The summed E-state index contributed by atoms with van der Waals surface area (Å²) in [5, 5.41) is 2.21. The van der Waals surface area contributed by atoms with Crippen molar-refractivity contribution in [1.29, 1.82) is 0 Å². The van der Waals surface area contributed by atoms with Crippen molar-refractivity contribution in [1.82, 2.24) is 9.55 Å². The highest BCUT2D eigenvalue weighted by Crippen LogP contribution is 2.53. The standard InChI is InChI=1S/C70H62F4N4O/c1-70(2,3)49-30-31-75-67(38-49)78-63-25-11-10-20-61(63)62-29-28-55(42-66(62)78)79-56-37-48(68-57(44-16-6-4-7-17-44)21-14-22-58(68)45-18-8-5-9-19-45)36-54(41-56)76-43-77(65-27-13-12-26-64(65)76)69-59(46-32-50(71)39-51(72)33-46)23-15-24-60(69)47-34-52(73)40-53(74)35-47/h10-15,20-42,44-45H,4-9,16-19,43H2,1-3H3. The lowest BCUT2D eigenvalue weighted by atomic mass is 9.75. The van der Waals surface area contributed by atoms with E-state index in [1.165, 1.54) is 85.0 Å². The molecule has 2 fully saturated rings. The normalized spacial score (nSPS) is 15.3. The van der Waals surface area contributed by atoms with Gasteiger partial charge in [-0.15, -0.1) is 0 Å². The quantitative estimate of drug-likeness (QED) is 0.128. The number of ether oxygens (including phenoxy) is 1. The minimum Gasteiger partial charge on any atom is -0.457 e. The Labute approximate surface area is 459 Å². The highest BCUT2D eigenvalue weighted by molar-refractivity contribution is 6.09. The van der Waals surface area contributed by atoms with Gasteiger partial charge < -0.3 is 14.5 Å². The molecule has 396 valence electrons. The lowest BCUT2D eigenvalue weighted by Gasteiger charge is -2.31. The van der Waals surface area contributed by atoms with Gasteiger partial charge in [0.05, 0.1) is 28.1 Å². The summed E-state index contributed by atoms with van der Waals surface area (Å²) >= 11 is 0. The summed E-state index contributed by atoms with van der Waals surface area (Å²) in [6, 6.07) is 53.1. The third-order valence-electron chi connectivity index (χ3n) is 16.8. The molecular formula is C70H62F4N4O. The van der Waals surface area contributed by atoms with Crippen molar-refractivity contribution in [2.24, 2.45) is 0 Å². The first kappa shape index (κ1) is 50.3.